The Balaban J connectivity index is 2.87. The molecule has 0 aliphatic heterocycles. The monoisotopic (exact) mass is 270 g/mol. The number of hydrogen-bond acceptors (Lipinski definition) is 3. The molecule has 0 aliphatic rings. The van der Waals surface area contributed by atoms with E-state index in [0.717, 1.165) is 5.56 Å². The van der Waals surface area contributed by atoms with Gasteiger partial charge in [-0.1, -0.05) is 6.07 Å². The predicted octanol–water partition coefficient (Wildman–Crippen LogP) is 1.65. The third kappa shape index (κ3) is 4.54. The zero-order chi connectivity index (χ0) is 13.8. The molecule has 1 aromatic heterocycles. The van der Waals surface area contributed by atoms with Crippen LogP contribution in [0.3, 0.4) is 0 Å². The average molecular weight is 270 g/mol. The van der Waals surface area contributed by atoms with Crippen molar-refractivity contribution in [1.29, 1.82) is 0 Å². The van der Waals surface area contributed by atoms with Crippen LogP contribution < -0.4 is 4.72 Å². The van der Waals surface area contributed by atoms with Crippen molar-refractivity contribution in [1.82, 2.24) is 9.71 Å². The number of pyridine rings is 1. The second-order valence-corrected chi connectivity index (χ2v) is 6.93. The molecule has 1 heterocycles. The van der Waals surface area contributed by atoms with Gasteiger partial charge in [0.25, 0.3) is 0 Å². The lowest BCUT2D eigenvalue weighted by Gasteiger charge is -2.23. The number of aliphatic carboxylic acids is 1. The Hall–Kier alpha value is -1.27. The molecule has 0 bridgehead atoms. The highest BCUT2D eigenvalue weighted by atomic mass is 32.2. The quantitative estimate of drug-likeness (QED) is 0.852. The lowest BCUT2D eigenvalue weighted by molar-refractivity contribution is -0.137. The first-order chi connectivity index (χ1) is 8.30. The molecule has 0 saturated carbocycles. The van der Waals surface area contributed by atoms with Crippen molar-refractivity contribution >= 4 is 17.0 Å². The van der Waals surface area contributed by atoms with E-state index in [-0.39, 0.29) is 6.42 Å². The minimum atomic E-state index is -1.33. The third-order valence-corrected chi connectivity index (χ3v) is 3.88. The lowest BCUT2D eigenvalue weighted by atomic mass is 10.1. The smallest absolute Gasteiger partial charge is 0.305 e. The Morgan fingerprint density at radius 2 is 2.22 bits per heavy atom. The van der Waals surface area contributed by atoms with Crippen molar-refractivity contribution in [3.05, 3.63) is 30.1 Å². The van der Waals surface area contributed by atoms with E-state index in [9.17, 15) is 9.00 Å². The van der Waals surface area contributed by atoms with Crippen LogP contribution in [-0.4, -0.2) is 25.0 Å². The van der Waals surface area contributed by atoms with Crippen LogP contribution in [-0.2, 0) is 15.8 Å². The van der Waals surface area contributed by atoms with Gasteiger partial charge in [0.2, 0.25) is 0 Å². The predicted molar refractivity (Wildman–Crippen MR) is 70.3 cm³/mol. The van der Waals surface area contributed by atoms with Gasteiger partial charge in [0.05, 0.1) is 28.2 Å². The Labute approximate surface area is 109 Å². The van der Waals surface area contributed by atoms with Crippen LogP contribution in [0.25, 0.3) is 0 Å². The van der Waals surface area contributed by atoms with Crippen molar-refractivity contribution in [2.45, 2.75) is 38.0 Å². The highest BCUT2D eigenvalue weighted by Crippen LogP contribution is 2.19. The van der Waals surface area contributed by atoms with E-state index in [1.165, 1.54) is 0 Å². The maximum absolute atomic E-state index is 12.0. The number of carboxylic acids is 1. The molecule has 0 saturated heterocycles. The largest absolute Gasteiger partial charge is 0.481 e. The highest BCUT2D eigenvalue weighted by molar-refractivity contribution is 7.84. The summed E-state index contributed by atoms with van der Waals surface area (Å²) in [7, 11) is -1.33. The number of nitrogens with zero attached hydrogens (tertiary/aromatic N) is 1. The number of aromatic nitrogens is 1. The first-order valence-electron chi connectivity index (χ1n) is 5.60. The Morgan fingerprint density at radius 3 is 2.67 bits per heavy atom. The van der Waals surface area contributed by atoms with E-state index >= 15 is 0 Å². The summed E-state index contributed by atoms with van der Waals surface area (Å²) in [5.74, 6) is -0.942. The molecule has 0 radical (unpaired) electrons. The van der Waals surface area contributed by atoms with Gasteiger partial charge in [-0.2, -0.15) is 0 Å². The van der Waals surface area contributed by atoms with Crippen molar-refractivity contribution in [3.8, 4) is 0 Å². The molecule has 1 aromatic rings. The average Bonchev–Trinajstić information content (AvgIpc) is 2.27. The molecule has 0 unspecified atom stereocenters. The molecule has 100 valence electrons. The number of nitrogens with one attached hydrogen (secondary N) is 1. The van der Waals surface area contributed by atoms with Gasteiger partial charge >= 0.3 is 5.97 Å². The van der Waals surface area contributed by atoms with Gasteiger partial charge in [0, 0.05) is 12.4 Å². The summed E-state index contributed by atoms with van der Waals surface area (Å²) in [6.45, 7) is 5.49. The fraction of sp³-hybridized carbons (Fsp3) is 0.500. The van der Waals surface area contributed by atoms with Crippen molar-refractivity contribution in [2.24, 2.45) is 0 Å². The number of carboxylic acid groups (broad SMARTS) is 1. The fourth-order valence-corrected chi connectivity index (χ4v) is 2.12. The molecule has 6 heteroatoms. The summed E-state index contributed by atoms with van der Waals surface area (Å²) < 4.78 is 14.4. The highest BCUT2D eigenvalue weighted by Gasteiger charge is 2.25. The summed E-state index contributed by atoms with van der Waals surface area (Å²) >= 11 is 0. The molecule has 1 rings (SSSR count). The van der Waals surface area contributed by atoms with Crippen LogP contribution in [0.2, 0.25) is 0 Å². The first kappa shape index (κ1) is 14.8. The molecule has 18 heavy (non-hydrogen) atoms. The second kappa shape index (κ2) is 6.06. The van der Waals surface area contributed by atoms with Gasteiger partial charge in [-0.25, -0.2) is 8.93 Å². The molecule has 0 fully saturated rings. The molecular weight excluding hydrogens is 252 g/mol. The van der Waals surface area contributed by atoms with Crippen molar-refractivity contribution in [3.63, 3.8) is 0 Å². The summed E-state index contributed by atoms with van der Waals surface area (Å²) in [6.07, 6.45) is 3.07. The maximum Gasteiger partial charge on any atom is 0.305 e. The molecule has 0 aromatic carbocycles. The summed E-state index contributed by atoms with van der Waals surface area (Å²) in [5, 5.41) is 8.90. The van der Waals surface area contributed by atoms with E-state index in [1.807, 2.05) is 20.8 Å². The molecule has 2 N–H and O–H groups in total. The molecule has 2 atom stereocenters. The number of hydrogen-bond donors (Lipinski definition) is 2. The molecule has 0 aliphatic carbocycles. The van der Waals surface area contributed by atoms with E-state index in [0.29, 0.717) is 0 Å². The standard InChI is InChI=1S/C12H18N2O3S/c1-12(2,3)18(17)14-10(7-11(15)16)9-5-4-6-13-8-9/h4-6,8,10,14H,7H2,1-3H3,(H,15,16)/t10-,18+/m0/s1. The second-order valence-electron chi connectivity index (χ2n) is 4.94. The molecule has 0 amide bonds. The summed E-state index contributed by atoms with van der Waals surface area (Å²) in [4.78, 5) is 14.8. The van der Waals surface area contributed by atoms with Crippen LogP contribution in [0.4, 0.5) is 0 Å². The normalized spacial score (nSPS) is 15.1. The fourth-order valence-electron chi connectivity index (χ4n) is 1.29. The van der Waals surface area contributed by atoms with Crippen LogP contribution in [0, 0.1) is 0 Å². The molecular formula is C12H18N2O3S. The third-order valence-electron chi connectivity index (χ3n) is 2.27. The maximum atomic E-state index is 12.0. The van der Waals surface area contributed by atoms with Crippen molar-refractivity contribution in [2.75, 3.05) is 0 Å². The Morgan fingerprint density at radius 1 is 1.56 bits per heavy atom. The van der Waals surface area contributed by atoms with E-state index in [4.69, 9.17) is 5.11 Å². The van der Waals surface area contributed by atoms with E-state index < -0.39 is 27.7 Å². The summed E-state index contributed by atoms with van der Waals surface area (Å²) in [6, 6.07) is 3.00. The van der Waals surface area contributed by atoms with Gasteiger partial charge in [-0.15, -0.1) is 0 Å². The lowest BCUT2D eigenvalue weighted by Crippen LogP contribution is -2.36. The molecule has 0 spiro atoms. The zero-order valence-corrected chi connectivity index (χ0v) is 11.5. The SMILES string of the molecule is CC(C)(C)[S@@](=O)N[C@@H](CC(=O)O)c1cccnc1. The minimum Gasteiger partial charge on any atom is -0.481 e. The zero-order valence-electron chi connectivity index (χ0n) is 10.7. The van der Waals surface area contributed by atoms with Gasteiger partial charge in [-0.3, -0.25) is 9.78 Å². The van der Waals surface area contributed by atoms with Gasteiger partial charge in [-0.05, 0) is 32.4 Å². The van der Waals surface area contributed by atoms with Gasteiger partial charge in [0.1, 0.15) is 0 Å². The van der Waals surface area contributed by atoms with Crippen LogP contribution >= 0.6 is 0 Å². The summed E-state index contributed by atoms with van der Waals surface area (Å²) in [5.41, 5.74) is 0.720. The van der Waals surface area contributed by atoms with E-state index in [2.05, 4.69) is 9.71 Å². The van der Waals surface area contributed by atoms with Gasteiger partial charge in [0.15, 0.2) is 0 Å². The Bertz CT molecular complexity index is 429. The van der Waals surface area contributed by atoms with Crippen LogP contribution in [0.15, 0.2) is 24.5 Å². The topological polar surface area (TPSA) is 79.3 Å². The molecule has 5 nitrogen and oxygen atoms in total. The van der Waals surface area contributed by atoms with Crippen molar-refractivity contribution < 1.29 is 14.1 Å². The van der Waals surface area contributed by atoms with Crippen LogP contribution in [0.1, 0.15) is 38.8 Å². The van der Waals surface area contributed by atoms with E-state index in [1.54, 1.807) is 24.5 Å². The minimum absolute atomic E-state index is 0.131. The van der Waals surface area contributed by atoms with Crippen LogP contribution in [0.5, 0.6) is 0 Å². The first-order valence-corrected chi connectivity index (χ1v) is 6.75. The Kier molecular flexibility index (Phi) is 4.98. The number of rotatable bonds is 5. The van der Waals surface area contributed by atoms with Gasteiger partial charge < -0.3 is 5.11 Å². The number of carbonyl (C=O) groups is 1.